The van der Waals surface area contributed by atoms with Gasteiger partial charge in [-0.2, -0.15) is 0 Å². The summed E-state index contributed by atoms with van der Waals surface area (Å²) in [6.45, 7) is 0.0148. The molecule has 12 heteroatoms. The Morgan fingerprint density at radius 2 is 1.87 bits per heavy atom. The summed E-state index contributed by atoms with van der Waals surface area (Å²) < 4.78 is 4.74. The number of aliphatic hydroxyl groups excluding tert-OH is 4. The minimum Gasteiger partial charge on any atom is -0.544 e. The first-order chi connectivity index (χ1) is 9.57. The smallest absolute Gasteiger partial charge is 0.544 e. The summed E-state index contributed by atoms with van der Waals surface area (Å²) in [5, 5.41) is 58.8. The molecule has 2 unspecified atom stereocenters. The van der Waals surface area contributed by atoms with Gasteiger partial charge >= 0.3 is 29.6 Å². The molecule has 0 saturated carbocycles. The number of carboxylic acids is 1. The van der Waals surface area contributed by atoms with Crippen molar-refractivity contribution in [1.29, 1.82) is 0 Å². The van der Waals surface area contributed by atoms with Gasteiger partial charge in [0, 0.05) is 0 Å². The number of carboxylic acid groups (broad SMARTS) is 1. The van der Waals surface area contributed by atoms with Crippen LogP contribution in [0.25, 0.3) is 0 Å². The zero-order valence-corrected chi connectivity index (χ0v) is 14.6. The molecule has 0 aliphatic carbocycles. The summed E-state index contributed by atoms with van der Waals surface area (Å²) in [6, 6.07) is -1.49. The van der Waals surface area contributed by atoms with Gasteiger partial charge in [0.1, 0.15) is 36.0 Å². The van der Waals surface area contributed by atoms with E-state index in [1.807, 2.05) is 0 Å². The van der Waals surface area contributed by atoms with Crippen molar-refractivity contribution >= 4 is 11.8 Å². The number of ketones is 1. The molecule has 1 rings (SSSR count). The van der Waals surface area contributed by atoms with Crippen molar-refractivity contribution < 1.29 is 80.0 Å². The predicted molar refractivity (Wildman–Crippen MR) is 65.7 cm³/mol. The number of nitrogens with two attached hydrogens (primary N) is 1. The number of Topliss-reactive ketones (excluding diaryl/α,β-unsaturated/α-hetero) is 1. The zero-order chi connectivity index (χ0) is 16.5. The Morgan fingerprint density at radius 1 is 1.39 bits per heavy atom. The van der Waals surface area contributed by atoms with Crippen LogP contribution in [0.5, 0.6) is 0 Å². The predicted octanol–water partition coefficient (Wildman–Crippen LogP) is -9.39. The van der Waals surface area contributed by atoms with Crippen molar-refractivity contribution in [2.75, 3.05) is 6.61 Å². The van der Waals surface area contributed by atoms with Gasteiger partial charge in [-0.05, 0) is 6.92 Å². The fraction of sp³-hybridized carbons (Fsp3) is 0.818. The van der Waals surface area contributed by atoms with Gasteiger partial charge in [0.15, 0.2) is 0 Å². The Kier molecular flexibility index (Phi) is 10.2. The third kappa shape index (κ3) is 4.67. The molecule has 130 valence electrons. The van der Waals surface area contributed by atoms with E-state index < -0.39 is 60.5 Å². The molecule has 23 heavy (non-hydrogen) atoms. The number of carbonyl (C=O) groups excluding carboxylic acids is 2. The number of rotatable bonds is 5. The molecule has 0 bridgehead atoms. The van der Waals surface area contributed by atoms with E-state index in [9.17, 15) is 35.1 Å². The van der Waals surface area contributed by atoms with Crippen molar-refractivity contribution in [3.05, 3.63) is 0 Å². The molecule has 9 N–H and O–H groups in total. The number of carbonyl (C=O) groups is 2. The first kappa shape index (κ1) is 25.1. The van der Waals surface area contributed by atoms with Crippen LogP contribution < -0.4 is 40.4 Å². The van der Waals surface area contributed by atoms with Crippen molar-refractivity contribution in [3.63, 3.8) is 0 Å². The van der Waals surface area contributed by atoms with Crippen molar-refractivity contribution in [3.8, 4) is 0 Å². The molecule has 1 heterocycles. The van der Waals surface area contributed by atoms with Crippen LogP contribution in [0.2, 0.25) is 0 Å². The van der Waals surface area contributed by atoms with Crippen molar-refractivity contribution in [1.82, 2.24) is 0 Å². The maximum absolute atomic E-state index is 11.4. The first-order valence-corrected chi connectivity index (χ1v) is 6.10. The van der Waals surface area contributed by atoms with E-state index in [0.29, 0.717) is 0 Å². The van der Waals surface area contributed by atoms with E-state index in [4.69, 9.17) is 15.6 Å². The van der Waals surface area contributed by atoms with Crippen LogP contribution in [-0.4, -0.2) is 85.6 Å². The Labute approximate surface area is 153 Å². The van der Waals surface area contributed by atoms with Crippen LogP contribution in [-0.2, 0) is 14.3 Å². The van der Waals surface area contributed by atoms with E-state index in [2.05, 4.69) is 0 Å². The Balaban J connectivity index is 0. The maximum atomic E-state index is 11.4. The third-order valence-corrected chi connectivity index (χ3v) is 3.50. The van der Waals surface area contributed by atoms with Gasteiger partial charge in [0.05, 0.1) is 18.8 Å². The molecule has 1 saturated heterocycles. The number of hydrogen-bond acceptors (Lipinski definition) is 10. The average molecular weight is 349 g/mol. The van der Waals surface area contributed by atoms with Gasteiger partial charge in [-0.15, -0.1) is 0 Å². The molecule has 0 radical (unpaired) electrons. The van der Waals surface area contributed by atoms with E-state index >= 15 is 0 Å². The molecule has 1 fully saturated rings. The van der Waals surface area contributed by atoms with Crippen LogP contribution in [0.4, 0.5) is 0 Å². The van der Waals surface area contributed by atoms with Crippen molar-refractivity contribution in [2.45, 2.75) is 43.2 Å². The monoisotopic (exact) mass is 349 g/mol. The largest absolute Gasteiger partial charge is 1.00 e. The van der Waals surface area contributed by atoms with Crippen LogP contribution in [0.3, 0.4) is 0 Å². The quantitative estimate of drug-likeness (QED) is 0.257. The number of ether oxygens (including phenoxy) is 1. The van der Waals surface area contributed by atoms with Gasteiger partial charge in [-0.25, -0.2) is 0 Å². The van der Waals surface area contributed by atoms with Gasteiger partial charge in [-0.1, -0.05) is 0 Å². The minimum atomic E-state index is -3.22. The third-order valence-electron chi connectivity index (χ3n) is 3.50. The van der Waals surface area contributed by atoms with Crippen LogP contribution in [0, 0.1) is 5.92 Å². The Bertz CT molecular complexity index is 424. The van der Waals surface area contributed by atoms with Crippen LogP contribution in [0.1, 0.15) is 6.92 Å². The topological polar surface area (TPSA) is 225 Å². The summed E-state index contributed by atoms with van der Waals surface area (Å²) in [4.78, 5) is 22.5. The molecule has 1 aliphatic rings. The van der Waals surface area contributed by atoms with Gasteiger partial charge in [0.25, 0.3) is 0 Å². The Hall–Kier alpha value is -0.180. The minimum absolute atomic E-state index is 0. The number of hydrogen-bond donors (Lipinski definition) is 6. The zero-order valence-electron chi connectivity index (χ0n) is 12.6. The van der Waals surface area contributed by atoms with Crippen LogP contribution >= 0.6 is 0 Å². The summed E-state index contributed by atoms with van der Waals surface area (Å²) in [5.41, 5.74) is 5.56. The maximum Gasteiger partial charge on any atom is 1.00 e. The molecule has 0 aromatic carbocycles. The molecular formula is C11H20NNaO10. The van der Waals surface area contributed by atoms with Gasteiger partial charge in [0.2, 0.25) is 5.79 Å². The summed E-state index contributed by atoms with van der Waals surface area (Å²) in [5.74, 6) is -8.26. The Morgan fingerprint density at radius 3 is 2.22 bits per heavy atom. The SMILES string of the molecule is CC(=O)C1[C@H](O)[C@@H](N)[C@H]([C@H](O)[C@H](O)CO)OC1(O)C(=O)[O-].O.[Na+]. The summed E-state index contributed by atoms with van der Waals surface area (Å²) >= 11 is 0. The fourth-order valence-corrected chi connectivity index (χ4v) is 2.32. The van der Waals surface area contributed by atoms with Gasteiger partial charge < -0.3 is 51.4 Å². The second-order valence-corrected chi connectivity index (χ2v) is 4.96. The number of aliphatic carboxylic acids is 1. The first-order valence-electron chi connectivity index (χ1n) is 6.10. The van der Waals surface area contributed by atoms with E-state index in [1.165, 1.54) is 0 Å². The molecule has 11 nitrogen and oxygen atoms in total. The summed E-state index contributed by atoms with van der Waals surface area (Å²) in [6.07, 6.45) is -7.28. The van der Waals surface area contributed by atoms with Gasteiger partial charge in [-0.3, -0.25) is 4.79 Å². The summed E-state index contributed by atoms with van der Waals surface area (Å²) in [7, 11) is 0. The van der Waals surface area contributed by atoms with E-state index in [-0.39, 0.29) is 35.0 Å². The average Bonchev–Trinajstić information content (AvgIpc) is 2.40. The molecule has 0 spiro atoms. The molecule has 0 aromatic heterocycles. The number of aliphatic hydroxyl groups is 5. The standard InChI is InChI=1S/C11H19NO9.Na.H2O/c1-3(14)5-8(17)6(12)9(7(16)4(15)2-13)21-11(5,20)10(18)19;;/h4-9,13,15-17,20H,2,12H2,1H3,(H,18,19);;1H2/q;+1;/p-1/t4-,5?,6-,7-,8+,9-,11?;;/m1../s1. The fourth-order valence-electron chi connectivity index (χ4n) is 2.32. The molecular weight excluding hydrogens is 329 g/mol. The molecule has 0 aromatic rings. The van der Waals surface area contributed by atoms with Crippen LogP contribution in [0.15, 0.2) is 0 Å². The normalized spacial score (nSPS) is 36.1. The second kappa shape index (κ2) is 9.34. The molecule has 0 amide bonds. The van der Waals surface area contributed by atoms with E-state index in [0.717, 1.165) is 6.92 Å². The molecule has 1 aliphatic heterocycles. The second-order valence-electron chi connectivity index (χ2n) is 4.96. The molecule has 7 atom stereocenters. The van der Waals surface area contributed by atoms with Crippen molar-refractivity contribution in [2.24, 2.45) is 11.7 Å². The van der Waals surface area contributed by atoms with E-state index in [1.54, 1.807) is 0 Å².